The molecule has 0 amide bonds. The molecule has 5 nitrogen and oxygen atoms in total. The van der Waals surface area contributed by atoms with Crippen LogP contribution in [0.2, 0.25) is 0 Å². The fourth-order valence-corrected chi connectivity index (χ4v) is 4.08. The molecule has 0 saturated heterocycles. The summed E-state index contributed by atoms with van der Waals surface area (Å²) in [4.78, 5) is 6.60. The van der Waals surface area contributed by atoms with Crippen molar-refractivity contribution in [3.8, 4) is 22.1 Å². The van der Waals surface area contributed by atoms with E-state index >= 15 is 0 Å². The lowest BCUT2D eigenvalue weighted by Gasteiger charge is -2.09. The van der Waals surface area contributed by atoms with Crippen molar-refractivity contribution in [3.05, 3.63) is 63.6 Å². The molecule has 0 atom stereocenters. The van der Waals surface area contributed by atoms with Crippen LogP contribution >= 0.6 is 22.7 Å². The van der Waals surface area contributed by atoms with E-state index in [0.29, 0.717) is 18.0 Å². The Balaban J connectivity index is 2.08. The molecule has 27 heavy (non-hydrogen) atoms. The first-order valence-corrected chi connectivity index (χ1v) is 10.0. The van der Waals surface area contributed by atoms with Crippen molar-refractivity contribution in [1.29, 1.82) is 0 Å². The molecular formula is C20H21N3O2S2. The van der Waals surface area contributed by atoms with Crippen molar-refractivity contribution >= 4 is 28.9 Å². The number of nitrogens with zero attached hydrogens (tertiary/aromatic N) is 3. The Kier molecular flexibility index (Phi) is 6.26. The molecule has 0 aliphatic carbocycles. The molecule has 140 valence electrons. The highest BCUT2D eigenvalue weighted by atomic mass is 32.1. The molecule has 1 aromatic carbocycles. The predicted octanol–water partition coefficient (Wildman–Crippen LogP) is 4.65. The van der Waals surface area contributed by atoms with Gasteiger partial charge in [-0.05, 0) is 30.5 Å². The highest BCUT2D eigenvalue weighted by Crippen LogP contribution is 2.30. The van der Waals surface area contributed by atoms with E-state index in [1.807, 2.05) is 35.9 Å². The van der Waals surface area contributed by atoms with Crippen LogP contribution in [-0.2, 0) is 0 Å². The summed E-state index contributed by atoms with van der Waals surface area (Å²) < 4.78 is 12.7. The van der Waals surface area contributed by atoms with Gasteiger partial charge >= 0.3 is 0 Å². The molecule has 0 aliphatic rings. The van der Waals surface area contributed by atoms with Gasteiger partial charge in [0.25, 0.3) is 0 Å². The van der Waals surface area contributed by atoms with Gasteiger partial charge in [-0.25, -0.2) is 4.68 Å². The predicted molar refractivity (Wildman–Crippen MR) is 113 cm³/mol. The third-order valence-corrected chi connectivity index (χ3v) is 5.44. The zero-order chi connectivity index (χ0) is 19.2. The molecule has 7 heteroatoms. The standard InChI is InChI=1S/C20H21N3O2S2/c1-14(2)11-21-20-23(16(13-27-20)18-9-6-10-26-18)22-12-15-7-5-8-17(24-3)19(15)25-4/h5-10,12-13H,1,11H2,2-4H3. The van der Waals surface area contributed by atoms with Gasteiger partial charge in [0.15, 0.2) is 11.5 Å². The zero-order valence-corrected chi connectivity index (χ0v) is 17.1. The van der Waals surface area contributed by atoms with Crippen LogP contribution < -0.4 is 14.3 Å². The summed E-state index contributed by atoms with van der Waals surface area (Å²) >= 11 is 3.23. The summed E-state index contributed by atoms with van der Waals surface area (Å²) in [7, 11) is 3.24. The van der Waals surface area contributed by atoms with Crippen LogP contribution in [0.1, 0.15) is 12.5 Å². The fourth-order valence-electron chi connectivity index (χ4n) is 2.45. The average Bonchev–Trinajstić information content (AvgIpc) is 3.33. The monoisotopic (exact) mass is 399 g/mol. The van der Waals surface area contributed by atoms with Crippen molar-refractivity contribution in [2.75, 3.05) is 20.8 Å². The Morgan fingerprint density at radius 3 is 2.70 bits per heavy atom. The zero-order valence-electron chi connectivity index (χ0n) is 15.5. The molecule has 3 aromatic rings. The van der Waals surface area contributed by atoms with E-state index in [0.717, 1.165) is 26.5 Å². The second-order valence-electron chi connectivity index (χ2n) is 5.79. The van der Waals surface area contributed by atoms with Crippen molar-refractivity contribution < 1.29 is 9.47 Å². The Morgan fingerprint density at radius 2 is 2.04 bits per heavy atom. The van der Waals surface area contributed by atoms with Gasteiger partial charge in [0, 0.05) is 10.9 Å². The number of hydrogen-bond donors (Lipinski definition) is 0. The van der Waals surface area contributed by atoms with Gasteiger partial charge in [0.2, 0.25) is 4.80 Å². The van der Waals surface area contributed by atoms with E-state index in [4.69, 9.17) is 14.6 Å². The van der Waals surface area contributed by atoms with Gasteiger partial charge in [-0.2, -0.15) is 5.10 Å². The van der Waals surface area contributed by atoms with Gasteiger partial charge in [0.1, 0.15) is 0 Å². The number of thiophene rings is 1. The highest BCUT2D eigenvalue weighted by molar-refractivity contribution is 7.14. The summed E-state index contributed by atoms with van der Waals surface area (Å²) in [6.45, 7) is 6.46. The number of benzene rings is 1. The number of para-hydroxylation sites is 1. The van der Waals surface area contributed by atoms with Gasteiger partial charge in [-0.3, -0.25) is 4.99 Å². The SMILES string of the molecule is C=C(C)CN=c1scc(-c2cccs2)n1N=Cc1cccc(OC)c1OC. The van der Waals surface area contributed by atoms with Crippen LogP contribution in [0.3, 0.4) is 0 Å². The number of thiazole rings is 1. The highest BCUT2D eigenvalue weighted by Gasteiger charge is 2.10. The molecule has 0 spiro atoms. The molecule has 0 aliphatic heterocycles. The van der Waals surface area contributed by atoms with E-state index in [9.17, 15) is 0 Å². The molecule has 3 rings (SSSR count). The largest absolute Gasteiger partial charge is 0.493 e. The molecule has 0 saturated carbocycles. The number of methoxy groups -OCH3 is 2. The summed E-state index contributed by atoms with van der Waals surface area (Å²) in [5.41, 5.74) is 2.85. The lowest BCUT2D eigenvalue weighted by atomic mass is 10.2. The summed E-state index contributed by atoms with van der Waals surface area (Å²) in [6.07, 6.45) is 1.77. The van der Waals surface area contributed by atoms with Crippen LogP contribution in [-0.4, -0.2) is 31.7 Å². The third kappa shape index (κ3) is 4.37. The summed E-state index contributed by atoms with van der Waals surface area (Å²) in [5, 5.41) is 8.83. The van der Waals surface area contributed by atoms with Crippen LogP contribution in [0.15, 0.2) is 63.3 Å². The van der Waals surface area contributed by atoms with Gasteiger partial charge in [-0.1, -0.05) is 24.3 Å². The summed E-state index contributed by atoms with van der Waals surface area (Å²) in [6, 6.07) is 9.81. The first kappa shape index (κ1) is 19.1. The maximum Gasteiger partial charge on any atom is 0.206 e. The van der Waals surface area contributed by atoms with Crippen LogP contribution in [0.4, 0.5) is 0 Å². The van der Waals surface area contributed by atoms with E-state index in [2.05, 4.69) is 28.4 Å². The second kappa shape index (κ2) is 8.83. The van der Waals surface area contributed by atoms with Crippen molar-refractivity contribution in [2.45, 2.75) is 6.92 Å². The van der Waals surface area contributed by atoms with E-state index in [1.54, 1.807) is 43.1 Å². The first-order valence-electron chi connectivity index (χ1n) is 8.28. The Labute approximate surface area is 166 Å². The maximum atomic E-state index is 5.49. The minimum atomic E-state index is 0.572. The van der Waals surface area contributed by atoms with Crippen molar-refractivity contribution in [3.63, 3.8) is 0 Å². The van der Waals surface area contributed by atoms with E-state index < -0.39 is 0 Å². The first-order chi connectivity index (χ1) is 13.1. The molecular weight excluding hydrogens is 378 g/mol. The van der Waals surface area contributed by atoms with E-state index in [-0.39, 0.29) is 0 Å². The second-order valence-corrected chi connectivity index (χ2v) is 7.58. The van der Waals surface area contributed by atoms with Crippen LogP contribution in [0, 0.1) is 0 Å². The number of aromatic nitrogens is 1. The van der Waals surface area contributed by atoms with Gasteiger partial charge < -0.3 is 9.47 Å². The number of hydrogen-bond acceptors (Lipinski definition) is 6. The topological polar surface area (TPSA) is 48.1 Å². The molecule has 0 N–H and O–H groups in total. The Morgan fingerprint density at radius 1 is 1.19 bits per heavy atom. The molecule has 0 radical (unpaired) electrons. The molecule has 2 heterocycles. The minimum Gasteiger partial charge on any atom is -0.493 e. The quantitative estimate of drug-likeness (QED) is 0.429. The van der Waals surface area contributed by atoms with Crippen LogP contribution in [0.5, 0.6) is 11.5 Å². The van der Waals surface area contributed by atoms with Crippen LogP contribution in [0.25, 0.3) is 10.6 Å². The third-order valence-electron chi connectivity index (χ3n) is 3.69. The number of ether oxygens (including phenoxy) is 2. The average molecular weight is 400 g/mol. The van der Waals surface area contributed by atoms with Crippen molar-refractivity contribution in [1.82, 2.24) is 4.68 Å². The molecule has 0 bridgehead atoms. The van der Waals surface area contributed by atoms with E-state index in [1.165, 1.54) is 0 Å². The summed E-state index contributed by atoms with van der Waals surface area (Å²) in [5.74, 6) is 1.32. The lowest BCUT2D eigenvalue weighted by Crippen LogP contribution is -2.12. The smallest absolute Gasteiger partial charge is 0.206 e. The normalized spacial score (nSPS) is 11.9. The molecule has 0 fully saturated rings. The molecule has 2 aromatic heterocycles. The van der Waals surface area contributed by atoms with Crippen molar-refractivity contribution in [2.24, 2.45) is 10.1 Å². The maximum absolute atomic E-state index is 5.49. The Hall–Kier alpha value is -2.64. The lowest BCUT2D eigenvalue weighted by molar-refractivity contribution is 0.354. The molecule has 0 unspecified atom stereocenters. The van der Waals surface area contributed by atoms with Gasteiger partial charge in [0.05, 0.1) is 37.6 Å². The van der Waals surface area contributed by atoms with Gasteiger partial charge in [-0.15, -0.1) is 22.7 Å². The Bertz CT molecular complexity index is 1010. The minimum absolute atomic E-state index is 0.572. The fraction of sp³-hybridized carbons (Fsp3) is 0.200. The number of rotatable bonds is 7.